The first-order valence-electron chi connectivity index (χ1n) is 8.75. The van der Waals surface area contributed by atoms with Gasteiger partial charge in [0.1, 0.15) is 0 Å². The van der Waals surface area contributed by atoms with Gasteiger partial charge in [0.2, 0.25) is 11.0 Å². The van der Waals surface area contributed by atoms with Gasteiger partial charge in [-0.05, 0) is 30.7 Å². The zero-order chi connectivity index (χ0) is 18.6. The molecule has 1 atom stereocenters. The largest absolute Gasteiger partial charge is 0.448 e. The quantitative estimate of drug-likeness (QED) is 0.434. The molecule has 4 rings (SSSR count). The summed E-state index contributed by atoms with van der Waals surface area (Å²) in [6.45, 7) is 2.17. The summed E-state index contributed by atoms with van der Waals surface area (Å²) in [6.07, 6.45) is 5.36. The fraction of sp³-hybridized carbons (Fsp3) is 0.263. The lowest BCUT2D eigenvalue weighted by Crippen LogP contribution is -2.17. The minimum absolute atomic E-state index is 0.412. The van der Waals surface area contributed by atoms with E-state index < -0.39 is 6.23 Å². The number of nitrogens with zero attached hydrogens (tertiary/aromatic N) is 4. The maximum absolute atomic E-state index is 6.22. The summed E-state index contributed by atoms with van der Waals surface area (Å²) in [5.41, 5.74) is 3.35. The third-order valence-corrected chi connectivity index (χ3v) is 5.52. The van der Waals surface area contributed by atoms with Crippen LogP contribution in [0.25, 0.3) is 11.3 Å². The van der Waals surface area contributed by atoms with E-state index in [1.165, 1.54) is 0 Å². The van der Waals surface area contributed by atoms with Gasteiger partial charge in [-0.2, -0.15) is 4.98 Å². The van der Waals surface area contributed by atoms with Crippen LogP contribution in [0.2, 0.25) is 0 Å². The van der Waals surface area contributed by atoms with Crippen LogP contribution in [0.4, 0.5) is 5.69 Å². The smallest absolute Gasteiger partial charge is 0.247 e. The zero-order valence-electron chi connectivity index (χ0n) is 14.7. The molecule has 0 amide bonds. The van der Waals surface area contributed by atoms with Gasteiger partial charge in [-0.25, -0.2) is 0 Å². The Labute approximate surface area is 170 Å². The van der Waals surface area contributed by atoms with E-state index >= 15 is 0 Å². The third kappa shape index (κ3) is 4.06. The first-order chi connectivity index (χ1) is 13.2. The third-order valence-electron chi connectivity index (χ3n) is 4.10. The van der Waals surface area contributed by atoms with Crippen molar-refractivity contribution in [3.63, 3.8) is 0 Å². The van der Waals surface area contributed by atoms with Gasteiger partial charge in [-0.15, -0.1) is 10.2 Å². The van der Waals surface area contributed by atoms with E-state index in [9.17, 15) is 0 Å². The van der Waals surface area contributed by atoms with Crippen LogP contribution in [0.15, 0.2) is 52.4 Å². The number of aromatic nitrogens is 4. The molecule has 3 heterocycles. The topological polar surface area (TPSA) is 72.8 Å². The monoisotopic (exact) mass is 443 g/mol. The molecule has 27 heavy (non-hydrogen) atoms. The molecule has 3 aromatic rings. The first kappa shape index (κ1) is 18.2. The molecule has 0 bridgehead atoms. The molecule has 0 saturated carbocycles. The summed E-state index contributed by atoms with van der Waals surface area (Å²) < 4.78 is 7.17. The summed E-state index contributed by atoms with van der Waals surface area (Å²) >= 11 is 5.13. The molecule has 2 aromatic heterocycles. The van der Waals surface area contributed by atoms with E-state index in [0.29, 0.717) is 16.7 Å². The van der Waals surface area contributed by atoms with Gasteiger partial charge < -0.3 is 10.1 Å². The van der Waals surface area contributed by atoms with Crippen molar-refractivity contribution in [1.29, 1.82) is 0 Å². The summed E-state index contributed by atoms with van der Waals surface area (Å²) in [5, 5.41) is 12.8. The molecule has 1 aromatic carbocycles. The van der Waals surface area contributed by atoms with Crippen molar-refractivity contribution in [3.8, 4) is 17.1 Å². The lowest BCUT2D eigenvalue weighted by Gasteiger charge is -2.18. The number of unbranched alkanes of at least 4 members (excludes halogenated alkanes) is 1. The SMILES string of the molecule is CCCCSc1nnc2c(n1)O[C@@H](c1cccnc1)Nc1ccc(Br)cc1-2. The number of hydrogen-bond acceptors (Lipinski definition) is 7. The number of nitrogens with one attached hydrogen (secondary N) is 1. The summed E-state index contributed by atoms with van der Waals surface area (Å²) in [4.78, 5) is 8.84. The number of halogens is 1. The molecular formula is C19H18BrN5OS. The Morgan fingerprint density at radius 3 is 3.00 bits per heavy atom. The van der Waals surface area contributed by atoms with Gasteiger partial charge in [0, 0.05) is 39.4 Å². The number of hydrogen-bond donors (Lipinski definition) is 1. The Balaban J connectivity index is 1.76. The predicted molar refractivity (Wildman–Crippen MR) is 110 cm³/mol. The molecule has 1 N–H and O–H groups in total. The van der Waals surface area contributed by atoms with Crippen molar-refractivity contribution < 1.29 is 4.74 Å². The summed E-state index contributed by atoms with van der Waals surface area (Å²) in [5.74, 6) is 1.44. The zero-order valence-corrected chi connectivity index (χ0v) is 17.1. The highest BCUT2D eigenvalue weighted by Gasteiger charge is 2.26. The second-order valence-corrected chi connectivity index (χ2v) is 8.05. The lowest BCUT2D eigenvalue weighted by atomic mass is 10.1. The van der Waals surface area contributed by atoms with E-state index in [1.54, 1.807) is 24.2 Å². The van der Waals surface area contributed by atoms with Gasteiger partial charge >= 0.3 is 0 Å². The van der Waals surface area contributed by atoms with Gasteiger partial charge in [0.05, 0.1) is 0 Å². The standard InChI is InChI=1S/C19H18BrN5OS/c1-2-3-9-27-19-23-18-16(24-25-19)14-10-13(20)6-7-15(14)22-17(26-18)12-5-4-8-21-11-12/h4-8,10-11,17,22H,2-3,9H2,1H3/t17-/m0/s1. The molecule has 138 valence electrons. The number of pyridine rings is 1. The van der Waals surface area contributed by atoms with Crippen LogP contribution in [-0.4, -0.2) is 25.9 Å². The molecule has 6 nitrogen and oxygen atoms in total. The van der Waals surface area contributed by atoms with Crippen LogP contribution in [0.1, 0.15) is 31.6 Å². The van der Waals surface area contributed by atoms with Gasteiger partial charge in [0.15, 0.2) is 11.9 Å². The van der Waals surface area contributed by atoms with Crippen molar-refractivity contribution >= 4 is 33.4 Å². The molecule has 0 radical (unpaired) electrons. The van der Waals surface area contributed by atoms with E-state index in [0.717, 1.165) is 39.9 Å². The fourth-order valence-corrected chi connectivity index (χ4v) is 3.94. The molecular weight excluding hydrogens is 426 g/mol. The molecule has 0 saturated heterocycles. The Bertz CT molecular complexity index is 941. The number of benzene rings is 1. The van der Waals surface area contributed by atoms with E-state index in [1.807, 2.05) is 30.3 Å². The Morgan fingerprint density at radius 1 is 1.26 bits per heavy atom. The maximum Gasteiger partial charge on any atom is 0.247 e. The molecule has 0 spiro atoms. The average molecular weight is 444 g/mol. The number of ether oxygens (including phenoxy) is 1. The molecule has 0 unspecified atom stereocenters. The number of rotatable bonds is 5. The highest BCUT2D eigenvalue weighted by molar-refractivity contribution is 9.10. The van der Waals surface area contributed by atoms with Crippen molar-refractivity contribution in [2.75, 3.05) is 11.1 Å². The van der Waals surface area contributed by atoms with Crippen LogP contribution in [0, 0.1) is 0 Å². The minimum atomic E-state index is -0.412. The van der Waals surface area contributed by atoms with E-state index in [4.69, 9.17) is 4.74 Å². The summed E-state index contributed by atoms with van der Waals surface area (Å²) in [7, 11) is 0. The fourth-order valence-electron chi connectivity index (χ4n) is 2.72. The highest BCUT2D eigenvalue weighted by atomic mass is 79.9. The van der Waals surface area contributed by atoms with E-state index in [-0.39, 0.29) is 0 Å². The molecule has 1 aliphatic rings. The summed E-state index contributed by atoms with van der Waals surface area (Å²) in [6, 6.07) is 9.83. The van der Waals surface area contributed by atoms with Gasteiger partial charge in [0.25, 0.3) is 0 Å². The normalized spacial score (nSPS) is 15.1. The van der Waals surface area contributed by atoms with Gasteiger partial charge in [-0.1, -0.05) is 47.1 Å². The Hall–Kier alpha value is -2.19. The second-order valence-electron chi connectivity index (χ2n) is 6.07. The average Bonchev–Trinajstić information content (AvgIpc) is 2.85. The van der Waals surface area contributed by atoms with E-state index in [2.05, 4.69) is 48.3 Å². The van der Waals surface area contributed by atoms with Crippen LogP contribution in [-0.2, 0) is 0 Å². The van der Waals surface area contributed by atoms with Crippen LogP contribution in [0.3, 0.4) is 0 Å². The molecule has 1 aliphatic heterocycles. The van der Waals surface area contributed by atoms with Gasteiger partial charge in [-0.3, -0.25) is 4.98 Å². The lowest BCUT2D eigenvalue weighted by molar-refractivity contribution is 0.225. The Morgan fingerprint density at radius 2 is 2.19 bits per heavy atom. The van der Waals surface area contributed by atoms with Crippen molar-refractivity contribution in [1.82, 2.24) is 20.2 Å². The predicted octanol–water partition coefficient (Wildman–Crippen LogP) is 5.09. The second kappa shape index (κ2) is 8.22. The highest BCUT2D eigenvalue weighted by Crippen LogP contribution is 2.40. The number of fused-ring (bicyclic) bond motifs is 3. The van der Waals surface area contributed by atoms with Crippen LogP contribution in [0.5, 0.6) is 5.88 Å². The molecule has 0 fully saturated rings. The number of anilines is 1. The maximum atomic E-state index is 6.22. The van der Waals surface area contributed by atoms with Crippen molar-refractivity contribution in [3.05, 3.63) is 52.8 Å². The van der Waals surface area contributed by atoms with Crippen molar-refractivity contribution in [2.24, 2.45) is 0 Å². The number of thioether (sulfide) groups is 1. The van der Waals surface area contributed by atoms with Crippen LogP contribution >= 0.6 is 27.7 Å². The Kier molecular flexibility index (Phi) is 5.54. The van der Waals surface area contributed by atoms with Crippen LogP contribution < -0.4 is 10.1 Å². The molecule has 8 heteroatoms. The molecule has 0 aliphatic carbocycles. The minimum Gasteiger partial charge on any atom is -0.448 e. The first-order valence-corrected chi connectivity index (χ1v) is 10.5. The van der Waals surface area contributed by atoms with Crippen molar-refractivity contribution in [2.45, 2.75) is 31.1 Å².